The van der Waals surface area contributed by atoms with Crippen molar-refractivity contribution in [1.29, 1.82) is 0 Å². The molecule has 0 atom stereocenters. The predicted octanol–water partition coefficient (Wildman–Crippen LogP) is 6.60. The van der Waals surface area contributed by atoms with Crippen LogP contribution in [-0.4, -0.2) is 12.7 Å². The van der Waals surface area contributed by atoms with Crippen LogP contribution in [-0.2, 0) is 5.41 Å². The number of fused-ring (bicyclic) bond motifs is 10. The normalized spacial score (nSPS) is 13.7. The molecule has 2 aliphatic carbocycles. The minimum atomic E-state index is -0.327. The summed E-state index contributed by atoms with van der Waals surface area (Å²) in [4.78, 5) is 0. The Morgan fingerprint density at radius 1 is 0.500 bits per heavy atom. The second-order valence-corrected chi connectivity index (χ2v) is 8.87. The third kappa shape index (κ3) is 2.40. The van der Waals surface area contributed by atoms with Crippen molar-refractivity contribution < 1.29 is 9.68 Å². The summed E-state index contributed by atoms with van der Waals surface area (Å²) >= 11 is 0. The van der Waals surface area contributed by atoms with Crippen LogP contribution < -0.4 is 4.65 Å². The monoisotopic (exact) mass is 435 g/mol. The fourth-order valence-electron chi connectivity index (χ4n) is 6.13. The first-order chi connectivity index (χ1) is 16.8. The zero-order valence-electron chi connectivity index (χ0n) is 18.4. The third-order valence-electron chi connectivity index (χ3n) is 7.37. The van der Waals surface area contributed by atoms with Crippen LogP contribution >= 0.6 is 0 Å². The number of para-hydroxylation sites is 1. The molecule has 0 bridgehead atoms. The van der Waals surface area contributed by atoms with Gasteiger partial charge >= 0.3 is 7.69 Å². The van der Waals surface area contributed by atoms with Crippen molar-refractivity contribution in [2.75, 3.05) is 0 Å². The zero-order valence-corrected chi connectivity index (χ0v) is 18.4. The molecule has 2 aliphatic rings. The maximum atomic E-state index is 9.25. The van der Waals surface area contributed by atoms with Crippen LogP contribution in [0.2, 0.25) is 0 Å². The highest BCUT2D eigenvalue weighted by Crippen LogP contribution is 2.62. The first-order valence-electron chi connectivity index (χ1n) is 11.5. The third-order valence-corrected chi connectivity index (χ3v) is 7.37. The molecule has 34 heavy (non-hydrogen) atoms. The van der Waals surface area contributed by atoms with Gasteiger partial charge in [0.25, 0.3) is 0 Å². The van der Waals surface area contributed by atoms with Gasteiger partial charge in [0.2, 0.25) is 0 Å². The van der Waals surface area contributed by atoms with Crippen molar-refractivity contribution in [3.8, 4) is 39.1 Å². The predicted molar refractivity (Wildman–Crippen MR) is 137 cm³/mol. The highest BCUT2D eigenvalue weighted by Gasteiger charge is 2.51. The molecule has 0 fully saturated rings. The van der Waals surface area contributed by atoms with Crippen molar-refractivity contribution >= 4 is 7.69 Å². The lowest BCUT2D eigenvalue weighted by Crippen LogP contribution is -2.25. The summed E-state index contributed by atoms with van der Waals surface area (Å²) in [6.45, 7) is 0. The van der Waals surface area contributed by atoms with Crippen molar-refractivity contribution in [2.24, 2.45) is 0 Å². The van der Waals surface area contributed by atoms with E-state index < -0.39 is 0 Å². The Bertz CT molecular complexity index is 1540. The molecule has 2 nitrogen and oxygen atoms in total. The van der Waals surface area contributed by atoms with Gasteiger partial charge < -0.3 is 9.68 Å². The number of hydrogen-bond donors (Lipinski definition) is 1. The van der Waals surface area contributed by atoms with Gasteiger partial charge in [-0.1, -0.05) is 103 Å². The van der Waals surface area contributed by atoms with Crippen LogP contribution in [0.4, 0.5) is 0 Å². The molecule has 159 valence electrons. The highest BCUT2D eigenvalue weighted by molar-refractivity contribution is 6.17. The molecule has 7 rings (SSSR count). The van der Waals surface area contributed by atoms with E-state index in [1.54, 1.807) is 0 Å². The van der Waals surface area contributed by atoms with E-state index in [-0.39, 0.29) is 5.41 Å². The van der Waals surface area contributed by atoms with Crippen LogP contribution in [0.1, 0.15) is 22.3 Å². The van der Waals surface area contributed by atoms with Crippen molar-refractivity contribution in [3.05, 3.63) is 138 Å². The summed E-state index contributed by atoms with van der Waals surface area (Å²) in [5.74, 6) is 0.627. The number of rotatable bonds is 3. The van der Waals surface area contributed by atoms with E-state index in [9.17, 15) is 5.02 Å². The first kappa shape index (κ1) is 19.4. The second-order valence-electron chi connectivity index (χ2n) is 8.87. The quantitative estimate of drug-likeness (QED) is 0.317. The number of benzene rings is 5. The summed E-state index contributed by atoms with van der Waals surface area (Å²) in [5.41, 5.74) is 12.1. The maximum Gasteiger partial charge on any atom is 0.569 e. The van der Waals surface area contributed by atoms with E-state index >= 15 is 0 Å². The van der Waals surface area contributed by atoms with Gasteiger partial charge in [0.05, 0.1) is 5.41 Å². The fraction of sp³-hybridized carbons (Fsp3) is 0.0323. The van der Waals surface area contributed by atoms with Gasteiger partial charge in [-0.15, -0.1) is 0 Å². The van der Waals surface area contributed by atoms with Crippen LogP contribution in [0.25, 0.3) is 33.4 Å². The molecular weight excluding hydrogens is 415 g/mol. The van der Waals surface area contributed by atoms with Gasteiger partial charge in [-0.25, -0.2) is 0 Å². The lowest BCUT2D eigenvalue weighted by molar-refractivity contribution is 0.455. The Kier molecular flexibility index (Phi) is 4.11. The van der Waals surface area contributed by atoms with Crippen LogP contribution in [0.5, 0.6) is 5.75 Å². The van der Waals surface area contributed by atoms with Gasteiger partial charge in [0.1, 0.15) is 5.75 Å². The molecule has 3 heteroatoms. The Balaban J connectivity index is 1.56. The molecule has 5 aromatic carbocycles. The van der Waals surface area contributed by atoms with E-state index in [2.05, 4.69) is 91.0 Å². The fourth-order valence-corrected chi connectivity index (χ4v) is 6.13. The molecule has 0 aromatic heterocycles. The molecule has 0 saturated carbocycles. The molecule has 0 saturated heterocycles. The lowest BCUT2D eigenvalue weighted by Gasteiger charge is -2.30. The molecule has 0 aliphatic heterocycles. The highest BCUT2D eigenvalue weighted by atomic mass is 16.5. The van der Waals surface area contributed by atoms with E-state index in [0.29, 0.717) is 5.75 Å². The molecule has 0 heterocycles. The van der Waals surface area contributed by atoms with E-state index in [1.807, 2.05) is 24.3 Å². The van der Waals surface area contributed by atoms with Crippen molar-refractivity contribution in [1.82, 2.24) is 0 Å². The summed E-state index contributed by atoms with van der Waals surface area (Å²) < 4.78 is 5.40. The Hall–Kier alpha value is -4.08. The molecule has 1 N–H and O–H groups in total. The van der Waals surface area contributed by atoms with Crippen molar-refractivity contribution in [3.63, 3.8) is 0 Å². The van der Waals surface area contributed by atoms with E-state index in [1.165, 1.54) is 44.5 Å². The van der Waals surface area contributed by atoms with Gasteiger partial charge in [-0.3, -0.25) is 0 Å². The van der Waals surface area contributed by atoms with Gasteiger partial charge in [0, 0.05) is 5.56 Å². The Labute approximate surface area is 199 Å². The Morgan fingerprint density at radius 2 is 0.971 bits per heavy atom. The molecule has 5 aromatic rings. The lowest BCUT2D eigenvalue weighted by atomic mass is 9.70. The molecule has 0 amide bonds. The van der Waals surface area contributed by atoms with Crippen molar-refractivity contribution in [2.45, 2.75) is 5.41 Å². The SMILES string of the molecule is O[B]Oc1ccccc1-c1ccc2c(c1)-c1ccccc1C21c2ccccc2-c2ccccc21. The summed E-state index contributed by atoms with van der Waals surface area (Å²) in [7, 11) is 0.739. The summed E-state index contributed by atoms with van der Waals surface area (Å²) in [6.07, 6.45) is 0. The van der Waals surface area contributed by atoms with Crippen LogP contribution in [0.3, 0.4) is 0 Å². The minimum Gasteiger partial charge on any atom is -0.537 e. The Morgan fingerprint density at radius 3 is 1.56 bits per heavy atom. The standard InChI is InChI=1S/C31H20BO2/c33-32-34-30-16-8-4-9-21(30)20-17-18-29-25(19-20)24-12-3-7-15-28(24)31(29)26-13-5-1-10-22(26)23-11-2-6-14-27(23)31/h1-19,33H. The molecule has 1 radical (unpaired) electrons. The number of hydrogen-bond acceptors (Lipinski definition) is 2. The van der Waals surface area contributed by atoms with E-state index in [0.717, 1.165) is 18.8 Å². The second kappa shape index (κ2) is 7.21. The molecule has 1 spiro atoms. The topological polar surface area (TPSA) is 29.5 Å². The zero-order chi connectivity index (χ0) is 22.7. The minimum absolute atomic E-state index is 0.327. The van der Waals surface area contributed by atoms with Gasteiger partial charge in [0.15, 0.2) is 0 Å². The molecule has 0 unspecified atom stereocenters. The average molecular weight is 435 g/mol. The van der Waals surface area contributed by atoms with Crippen LogP contribution in [0.15, 0.2) is 115 Å². The summed E-state index contributed by atoms with van der Waals surface area (Å²) in [5, 5.41) is 9.25. The maximum absolute atomic E-state index is 9.25. The molecular formula is C31H20BO2. The largest absolute Gasteiger partial charge is 0.569 e. The van der Waals surface area contributed by atoms with E-state index in [4.69, 9.17) is 4.65 Å². The van der Waals surface area contributed by atoms with Crippen LogP contribution in [0, 0.1) is 0 Å². The first-order valence-corrected chi connectivity index (χ1v) is 11.5. The smallest absolute Gasteiger partial charge is 0.537 e. The van der Waals surface area contributed by atoms with Gasteiger partial charge in [-0.2, -0.15) is 0 Å². The summed E-state index contributed by atoms with van der Waals surface area (Å²) in [6, 6.07) is 41.0. The average Bonchev–Trinajstić information content (AvgIpc) is 3.36. The van der Waals surface area contributed by atoms with Gasteiger partial charge in [-0.05, 0) is 62.2 Å².